The normalized spacial score (nSPS) is 11.9. The van der Waals surface area contributed by atoms with Crippen LogP contribution in [0.1, 0.15) is 24.5 Å². The number of hydrogen-bond acceptors (Lipinski definition) is 4. The number of phenols is 1. The summed E-state index contributed by atoms with van der Waals surface area (Å²) in [6.45, 7) is 0.0168. The predicted molar refractivity (Wildman–Crippen MR) is 101 cm³/mol. The van der Waals surface area contributed by atoms with Gasteiger partial charge in [0.05, 0.1) is 5.69 Å². The molecule has 0 aliphatic carbocycles. The highest BCUT2D eigenvalue weighted by atomic mass is 16.6. The molecule has 0 aliphatic heterocycles. The van der Waals surface area contributed by atoms with Crippen molar-refractivity contribution in [3.05, 3.63) is 72.3 Å². The van der Waals surface area contributed by atoms with Crippen LogP contribution in [-0.4, -0.2) is 22.9 Å². The van der Waals surface area contributed by atoms with Crippen LogP contribution in [0.5, 0.6) is 5.75 Å². The number of carbonyl (C=O) groups excluding carboxylic acids is 1. The van der Waals surface area contributed by atoms with Crippen molar-refractivity contribution in [1.29, 1.82) is 0 Å². The van der Waals surface area contributed by atoms with E-state index in [0.717, 1.165) is 16.3 Å². The zero-order valence-corrected chi connectivity index (χ0v) is 14.3. The Kier molecular flexibility index (Phi) is 5.71. The number of rotatable bonds is 6. The molecule has 0 aliphatic rings. The Bertz CT molecular complexity index is 871. The molecule has 5 nitrogen and oxygen atoms in total. The number of aromatic hydroxyl groups is 1. The van der Waals surface area contributed by atoms with Gasteiger partial charge >= 0.3 is 6.09 Å². The zero-order valence-electron chi connectivity index (χ0n) is 14.3. The monoisotopic (exact) mass is 351 g/mol. The Morgan fingerprint density at radius 3 is 2.50 bits per heavy atom. The number of ether oxygens (including phenoxy) is 1. The molecule has 3 rings (SSSR count). The Balaban J connectivity index is 1.75. The molecule has 3 aromatic rings. The lowest BCUT2D eigenvalue weighted by molar-refractivity contribution is 0.0995. The molecular weight excluding hydrogens is 330 g/mol. The van der Waals surface area contributed by atoms with Gasteiger partial charge in [-0.15, -0.1) is 0 Å². The number of fused-ring (bicyclic) bond motifs is 1. The zero-order chi connectivity index (χ0) is 18.4. The number of aliphatic hydroxyl groups excluding tert-OH is 1. The van der Waals surface area contributed by atoms with E-state index in [4.69, 9.17) is 9.84 Å². The van der Waals surface area contributed by atoms with Crippen molar-refractivity contribution in [2.75, 3.05) is 11.9 Å². The van der Waals surface area contributed by atoms with E-state index in [1.165, 1.54) is 0 Å². The van der Waals surface area contributed by atoms with Gasteiger partial charge in [-0.1, -0.05) is 48.5 Å². The van der Waals surface area contributed by atoms with Crippen molar-refractivity contribution in [3.63, 3.8) is 0 Å². The van der Waals surface area contributed by atoms with E-state index in [-0.39, 0.29) is 12.4 Å². The highest BCUT2D eigenvalue weighted by molar-refractivity contribution is 6.00. The quantitative estimate of drug-likeness (QED) is 0.606. The lowest BCUT2D eigenvalue weighted by Gasteiger charge is -2.19. The number of carbonyl (C=O) groups is 1. The van der Waals surface area contributed by atoms with Crippen molar-refractivity contribution >= 4 is 22.6 Å². The summed E-state index contributed by atoms with van der Waals surface area (Å²) >= 11 is 0. The SMILES string of the molecule is O=C(Nc1cccc2ccccc12)O[C@@H](CCCO)c1ccc(O)cc1. The minimum Gasteiger partial charge on any atom is -0.508 e. The Labute approximate surface area is 151 Å². The smallest absolute Gasteiger partial charge is 0.412 e. The van der Waals surface area contributed by atoms with E-state index in [0.29, 0.717) is 18.5 Å². The van der Waals surface area contributed by atoms with Crippen LogP contribution in [0, 0.1) is 0 Å². The standard InChI is InChI=1S/C21H21NO4/c23-14-4-9-20(16-10-12-17(24)13-11-16)26-21(25)22-19-8-3-6-15-5-1-2-7-18(15)19/h1-3,5-8,10-13,20,23-24H,4,9,14H2,(H,22,25)/t20-/m0/s1. The Morgan fingerprint density at radius 1 is 1.00 bits per heavy atom. The number of nitrogens with one attached hydrogen (secondary N) is 1. The molecule has 1 amide bonds. The number of amides is 1. The topological polar surface area (TPSA) is 78.8 Å². The summed E-state index contributed by atoms with van der Waals surface area (Å²) in [5.74, 6) is 0.148. The summed E-state index contributed by atoms with van der Waals surface area (Å²) in [5, 5.41) is 23.3. The van der Waals surface area contributed by atoms with Crippen LogP contribution in [0.15, 0.2) is 66.7 Å². The van der Waals surface area contributed by atoms with Gasteiger partial charge < -0.3 is 14.9 Å². The van der Waals surface area contributed by atoms with Crippen LogP contribution in [0.4, 0.5) is 10.5 Å². The highest BCUT2D eigenvalue weighted by Gasteiger charge is 2.17. The lowest BCUT2D eigenvalue weighted by Crippen LogP contribution is -2.18. The van der Waals surface area contributed by atoms with Crippen molar-refractivity contribution in [1.82, 2.24) is 0 Å². The summed E-state index contributed by atoms with van der Waals surface area (Å²) in [7, 11) is 0. The lowest BCUT2D eigenvalue weighted by atomic mass is 10.0. The molecule has 0 saturated carbocycles. The van der Waals surface area contributed by atoms with Crippen LogP contribution in [0.2, 0.25) is 0 Å². The van der Waals surface area contributed by atoms with E-state index in [9.17, 15) is 9.90 Å². The van der Waals surface area contributed by atoms with E-state index >= 15 is 0 Å². The largest absolute Gasteiger partial charge is 0.508 e. The number of aliphatic hydroxyl groups is 1. The predicted octanol–water partition coefficient (Wildman–Crippen LogP) is 4.61. The third kappa shape index (κ3) is 4.32. The molecule has 0 saturated heterocycles. The van der Waals surface area contributed by atoms with E-state index in [2.05, 4.69) is 5.32 Å². The molecule has 0 spiro atoms. The molecule has 5 heteroatoms. The van der Waals surface area contributed by atoms with E-state index in [1.54, 1.807) is 24.3 Å². The highest BCUT2D eigenvalue weighted by Crippen LogP contribution is 2.27. The number of phenolic OH excluding ortho intramolecular Hbond substituents is 1. The maximum atomic E-state index is 12.4. The second kappa shape index (κ2) is 8.36. The Morgan fingerprint density at radius 2 is 1.73 bits per heavy atom. The Hall–Kier alpha value is -3.05. The van der Waals surface area contributed by atoms with Crippen LogP contribution >= 0.6 is 0 Å². The number of hydrogen-bond donors (Lipinski definition) is 3. The maximum absolute atomic E-state index is 12.4. The molecule has 1 atom stereocenters. The van der Waals surface area contributed by atoms with Gasteiger partial charge in [0.15, 0.2) is 0 Å². The summed E-state index contributed by atoms with van der Waals surface area (Å²) in [4.78, 5) is 12.4. The molecular formula is C21H21NO4. The molecule has 0 aromatic heterocycles. The average Bonchev–Trinajstić information content (AvgIpc) is 2.66. The molecule has 3 N–H and O–H groups in total. The van der Waals surface area contributed by atoms with Gasteiger partial charge in [0.2, 0.25) is 0 Å². The maximum Gasteiger partial charge on any atom is 0.412 e. The van der Waals surface area contributed by atoms with Gasteiger partial charge in [-0.2, -0.15) is 0 Å². The van der Waals surface area contributed by atoms with Crippen LogP contribution < -0.4 is 5.32 Å². The van der Waals surface area contributed by atoms with Crippen molar-refractivity contribution in [3.8, 4) is 5.75 Å². The fourth-order valence-electron chi connectivity index (χ4n) is 2.86. The molecule has 0 fully saturated rings. The number of anilines is 1. The van der Waals surface area contributed by atoms with Crippen LogP contribution in [-0.2, 0) is 4.74 Å². The van der Waals surface area contributed by atoms with Gasteiger partial charge in [0.25, 0.3) is 0 Å². The van der Waals surface area contributed by atoms with E-state index < -0.39 is 12.2 Å². The molecule has 0 bridgehead atoms. The van der Waals surface area contributed by atoms with Gasteiger partial charge in [-0.05, 0) is 42.0 Å². The summed E-state index contributed by atoms with van der Waals surface area (Å²) in [6, 6.07) is 20.0. The molecule has 3 aromatic carbocycles. The van der Waals surface area contributed by atoms with Crippen LogP contribution in [0.25, 0.3) is 10.8 Å². The van der Waals surface area contributed by atoms with Crippen molar-refractivity contribution < 1.29 is 19.7 Å². The fourth-order valence-corrected chi connectivity index (χ4v) is 2.86. The minimum absolute atomic E-state index is 0.0168. The van der Waals surface area contributed by atoms with Crippen molar-refractivity contribution in [2.45, 2.75) is 18.9 Å². The van der Waals surface area contributed by atoms with Crippen LogP contribution in [0.3, 0.4) is 0 Å². The first-order chi connectivity index (χ1) is 12.7. The second-order valence-corrected chi connectivity index (χ2v) is 6.00. The van der Waals surface area contributed by atoms with Gasteiger partial charge in [-0.3, -0.25) is 5.32 Å². The number of benzene rings is 3. The third-order valence-electron chi connectivity index (χ3n) is 4.16. The average molecular weight is 351 g/mol. The summed E-state index contributed by atoms with van der Waals surface area (Å²) < 4.78 is 5.59. The van der Waals surface area contributed by atoms with Gasteiger partial charge in [0, 0.05) is 12.0 Å². The fraction of sp³-hybridized carbons (Fsp3) is 0.190. The first-order valence-electron chi connectivity index (χ1n) is 8.52. The molecule has 134 valence electrons. The molecule has 0 radical (unpaired) electrons. The first kappa shape index (κ1) is 17.8. The minimum atomic E-state index is -0.558. The molecule has 0 unspecified atom stereocenters. The van der Waals surface area contributed by atoms with Gasteiger partial charge in [-0.25, -0.2) is 4.79 Å². The molecule has 26 heavy (non-hydrogen) atoms. The second-order valence-electron chi connectivity index (χ2n) is 6.00. The van der Waals surface area contributed by atoms with E-state index in [1.807, 2.05) is 42.5 Å². The summed E-state index contributed by atoms with van der Waals surface area (Å²) in [5.41, 5.74) is 1.45. The third-order valence-corrected chi connectivity index (χ3v) is 4.16. The van der Waals surface area contributed by atoms with Gasteiger partial charge in [0.1, 0.15) is 11.9 Å². The first-order valence-corrected chi connectivity index (χ1v) is 8.52. The summed E-state index contributed by atoms with van der Waals surface area (Å²) in [6.07, 6.45) is -0.0628. The molecule has 0 heterocycles. The van der Waals surface area contributed by atoms with Crippen molar-refractivity contribution in [2.24, 2.45) is 0 Å².